The van der Waals surface area contributed by atoms with E-state index >= 15 is 0 Å². The zero-order valence-electron chi connectivity index (χ0n) is 6.83. The Hall–Kier alpha value is -1.09. The standard InChI is InChI=1S/C9H7ClN2O/c10-6-3-4-11-9-7(6)12-8(13-9)5-1-2-5/h3-5H,1-2H2. The van der Waals surface area contributed by atoms with Gasteiger partial charge in [0.25, 0.3) is 0 Å². The molecule has 2 aromatic heterocycles. The van der Waals surface area contributed by atoms with Gasteiger partial charge in [0.2, 0.25) is 11.6 Å². The Bertz CT molecular complexity index is 462. The molecule has 0 radical (unpaired) electrons. The average Bonchev–Trinajstić information content (AvgIpc) is 2.87. The van der Waals surface area contributed by atoms with Crippen LogP contribution in [0.25, 0.3) is 11.2 Å². The van der Waals surface area contributed by atoms with Crippen LogP contribution in [0.3, 0.4) is 0 Å². The molecule has 0 aliphatic heterocycles. The van der Waals surface area contributed by atoms with Gasteiger partial charge in [-0.25, -0.2) is 9.97 Å². The lowest BCUT2D eigenvalue weighted by atomic mass is 10.4. The van der Waals surface area contributed by atoms with Crippen molar-refractivity contribution in [3.8, 4) is 0 Å². The van der Waals surface area contributed by atoms with Crippen LogP contribution in [0.1, 0.15) is 24.7 Å². The number of fused-ring (bicyclic) bond motifs is 1. The Morgan fingerprint density at radius 1 is 1.46 bits per heavy atom. The quantitative estimate of drug-likeness (QED) is 0.701. The Morgan fingerprint density at radius 3 is 3.00 bits per heavy atom. The van der Waals surface area contributed by atoms with Crippen LogP contribution in [0.2, 0.25) is 5.02 Å². The highest BCUT2D eigenvalue weighted by molar-refractivity contribution is 6.34. The van der Waals surface area contributed by atoms with Gasteiger partial charge in [0, 0.05) is 12.1 Å². The van der Waals surface area contributed by atoms with Crippen molar-refractivity contribution in [3.05, 3.63) is 23.2 Å². The summed E-state index contributed by atoms with van der Waals surface area (Å²) >= 11 is 5.93. The third-order valence-electron chi connectivity index (χ3n) is 2.19. The van der Waals surface area contributed by atoms with E-state index in [9.17, 15) is 0 Å². The van der Waals surface area contributed by atoms with Crippen LogP contribution in [-0.2, 0) is 0 Å². The predicted molar refractivity (Wildman–Crippen MR) is 48.8 cm³/mol. The van der Waals surface area contributed by atoms with Gasteiger partial charge in [-0.05, 0) is 18.9 Å². The first kappa shape index (κ1) is 7.33. The van der Waals surface area contributed by atoms with Crippen molar-refractivity contribution in [1.82, 2.24) is 9.97 Å². The molecule has 4 heteroatoms. The van der Waals surface area contributed by atoms with Crippen LogP contribution in [0, 0.1) is 0 Å². The molecule has 0 unspecified atom stereocenters. The fraction of sp³-hybridized carbons (Fsp3) is 0.333. The van der Waals surface area contributed by atoms with Gasteiger partial charge in [-0.1, -0.05) is 11.6 Å². The first-order valence-electron chi connectivity index (χ1n) is 4.25. The Morgan fingerprint density at radius 2 is 2.31 bits per heavy atom. The van der Waals surface area contributed by atoms with Crippen LogP contribution >= 0.6 is 11.6 Å². The number of oxazole rings is 1. The van der Waals surface area contributed by atoms with Crippen molar-refractivity contribution in [1.29, 1.82) is 0 Å². The summed E-state index contributed by atoms with van der Waals surface area (Å²) in [5.74, 6) is 1.29. The number of pyridine rings is 1. The molecule has 1 aliphatic carbocycles. The molecule has 3 rings (SSSR count). The molecule has 1 saturated carbocycles. The minimum Gasteiger partial charge on any atom is -0.422 e. The smallest absolute Gasteiger partial charge is 0.248 e. The van der Waals surface area contributed by atoms with Crippen LogP contribution < -0.4 is 0 Å². The highest BCUT2D eigenvalue weighted by atomic mass is 35.5. The van der Waals surface area contributed by atoms with Crippen LogP contribution in [0.5, 0.6) is 0 Å². The van der Waals surface area contributed by atoms with Gasteiger partial charge in [-0.2, -0.15) is 0 Å². The number of nitrogens with zero attached hydrogens (tertiary/aromatic N) is 2. The number of hydrogen-bond donors (Lipinski definition) is 0. The average molecular weight is 195 g/mol. The third-order valence-corrected chi connectivity index (χ3v) is 2.50. The highest BCUT2D eigenvalue weighted by Crippen LogP contribution is 2.40. The topological polar surface area (TPSA) is 38.9 Å². The summed E-state index contributed by atoms with van der Waals surface area (Å²) in [4.78, 5) is 8.37. The molecule has 0 bridgehead atoms. The number of aromatic nitrogens is 2. The van der Waals surface area contributed by atoms with E-state index in [2.05, 4.69) is 9.97 Å². The Kier molecular flexibility index (Phi) is 1.38. The maximum Gasteiger partial charge on any atom is 0.248 e. The summed E-state index contributed by atoms with van der Waals surface area (Å²) in [5, 5.41) is 0.612. The number of rotatable bonds is 1. The van der Waals surface area contributed by atoms with Gasteiger partial charge in [-0.3, -0.25) is 0 Å². The van der Waals surface area contributed by atoms with Gasteiger partial charge in [0.1, 0.15) is 5.52 Å². The van der Waals surface area contributed by atoms with E-state index in [0.29, 0.717) is 22.2 Å². The zero-order chi connectivity index (χ0) is 8.84. The predicted octanol–water partition coefficient (Wildman–Crippen LogP) is 2.75. The van der Waals surface area contributed by atoms with Crippen LogP contribution in [0.4, 0.5) is 0 Å². The molecular formula is C9H7ClN2O. The SMILES string of the molecule is Clc1ccnc2oc(C3CC3)nc12. The monoisotopic (exact) mass is 194 g/mol. The maximum atomic E-state index is 5.93. The maximum absolute atomic E-state index is 5.93. The lowest BCUT2D eigenvalue weighted by Crippen LogP contribution is -1.76. The van der Waals surface area contributed by atoms with Crippen molar-refractivity contribution < 1.29 is 4.42 Å². The first-order chi connectivity index (χ1) is 6.34. The summed E-state index contributed by atoms with van der Waals surface area (Å²) in [6.45, 7) is 0. The van der Waals surface area contributed by atoms with Crippen molar-refractivity contribution >= 4 is 22.8 Å². The molecule has 66 valence electrons. The fourth-order valence-corrected chi connectivity index (χ4v) is 1.50. The number of hydrogen-bond acceptors (Lipinski definition) is 3. The normalized spacial score (nSPS) is 16.7. The second-order valence-electron chi connectivity index (χ2n) is 3.27. The van der Waals surface area contributed by atoms with Crippen molar-refractivity contribution in [2.45, 2.75) is 18.8 Å². The molecule has 1 aliphatic rings. The van der Waals surface area contributed by atoms with Gasteiger partial charge < -0.3 is 4.42 Å². The molecule has 0 amide bonds. The van der Waals surface area contributed by atoms with E-state index in [0.717, 1.165) is 5.89 Å². The molecular weight excluding hydrogens is 188 g/mol. The molecule has 13 heavy (non-hydrogen) atoms. The van der Waals surface area contributed by atoms with Gasteiger partial charge in [-0.15, -0.1) is 0 Å². The Balaban J connectivity index is 2.26. The number of halogens is 1. The van der Waals surface area contributed by atoms with Gasteiger partial charge in [0.15, 0.2) is 0 Å². The molecule has 0 saturated heterocycles. The van der Waals surface area contributed by atoms with Crippen molar-refractivity contribution in [2.75, 3.05) is 0 Å². The van der Waals surface area contributed by atoms with Crippen molar-refractivity contribution in [2.24, 2.45) is 0 Å². The molecule has 0 spiro atoms. The molecule has 2 heterocycles. The first-order valence-corrected chi connectivity index (χ1v) is 4.63. The molecule has 1 fully saturated rings. The summed E-state index contributed by atoms with van der Waals surface area (Å²) in [6, 6.07) is 1.73. The Labute approximate surface area is 79.7 Å². The molecule has 3 nitrogen and oxygen atoms in total. The molecule has 0 aromatic carbocycles. The van der Waals surface area contributed by atoms with E-state index in [-0.39, 0.29) is 0 Å². The van der Waals surface area contributed by atoms with Gasteiger partial charge >= 0.3 is 0 Å². The van der Waals surface area contributed by atoms with E-state index < -0.39 is 0 Å². The van der Waals surface area contributed by atoms with E-state index in [4.69, 9.17) is 16.0 Å². The second-order valence-corrected chi connectivity index (χ2v) is 3.68. The largest absolute Gasteiger partial charge is 0.422 e. The summed E-state index contributed by atoms with van der Waals surface area (Å²) in [6.07, 6.45) is 3.97. The third kappa shape index (κ3) is 1.11. The van der Waals surface area contributed by atoms with Gasteiger partial charge in [0.05, 0.1) is 5.02 Å². The van der Waals surface area contributed by atoms with Crippen LogP contribution in [0.15, 0.2) is 16.7 Å². The lowest BCUT2D eigenvalue weighted by molar-refractivity contribution is 0.525. The molecule has 0 N–H and O–H groups in total. The summed E-state index contributed by atoms with van der Waals surface area (Å²) < 4.78 is 5.47. The fourth-order valence-electron chi connectivity index (χ4n) is 1.33. The zero-order valence-corrected chi connectivity index (χ0v) is 7.58. The minimum absolute atomic E-state index is 0.505. The van der Waals surface area contributed by atoms with Crippen molar-refractivity contribution in [3.63, 3.8) is 0 Å². The molecule has 2 aromatic rings. The second kappa shape index (κ2) is 2.45. The van der Waals surface area contributed by atoms with Crippen LogP contribution in [-0.4, -0.2) is 9.97 Å². The highest BCUT2D eigenvalue weighted by Gasteiger charge is 2.29. The van der Waals surface area contributed by atoms with E-state index in [1.807, 2.05) is 0 Å². The van der Waals surface area contributed by atoms with E-state index in [1.54, 1.807) is 12.3 Å². The minimum atomic E-state index is 0.505. The molecule has 0 atom stereocenters. The summed E-state index contributed by atoms with van der Waals surface area (Å²) in [5.41, 5.74) is 1.24. The van der Waals surface area contributed by atoms with E-state index in [1.165, 1.54) is 12.8 Å². The summed E-state index contributed by atoms with van der Waals surface area (Å²) in [7, 11) is 0. The lowest BCUT2D eigenvalue weighted by Gasteiger charge is -1.85.